The maximum absolute atomic E-state index is 14.3. The predicted octanol–water partition coefficient (Wildman–Crippen LogP) is 2.24. The third-order valence-electron chi connectivity index (χ3n) is 3.43. The molecule has 0 spiro atoms. The van der Waals surface area contributed by atoms with E-state index >= 15 is 0 Å². The van der Waals surface area contributed by atoms with E-state index in [0.717, 1.165) is 24.8 Å². The zero-order chi connectivity index (χ0) is 13.1. The monoisotopic (exact) mass is 251 g/mol. The van der Waals surface area contributed by atoms with Crippen LogP contribution in [0.5, 0.6) is 5.75 Å². The average Bonchev–Trinajstić information content (AvgIpc) is 2.40. The predicted molar refractivity (Wildman–Crippen MR) is 67.6 cm³/mol. The van der Waals surface area contributed by atoms with Gasteiger partial charge in [-0.05, 0) is 43.9 Å². The summed E-state index contributed by atoms with van der Waals surface area (Å²) in [6.45, 7) is 0.234. The molecule has 0 heterocycles. The van der Waals surface area contributed by atoms with Gasteiger partial charge in [0.05, 0.1) is 12.7 Å². The lowest BCUT2D eigenvalue weighted by Gasteiger charge is -2.21. The van der Waals surface area contributed by atoms with Gasteiger partial charge in [0.25, 0.3) is 0 Å². The van der Waals surface area contributed by atoms with Gasteiger partial charge in [0, 0.05) is 12.0 Å². The van der Waals surface area contributed by atoms with Crippen LogP contribution in [0.4, 0.5) is 4.39 Å². The van der Waals surface area contributed by atoms with Crippen LogP contribution < -0.4 is 10.5 Å². The molecule has 1 aromatic carbocycles. The summed E-state index contributed by atoms with van der Waals surface area (Å²) in [6, 6.07) is 1.53. The summed E-state index contributed by atoms with van der Waals surface area (Å²) >= 11 is 0. The molecule has 4 heteroatoms. The molecule has 0 aromatic heterocycles. The number of nitrogens with two attached hydrogens (primary N) is 1. The zero-order valence-electron chi connectivity index (χ0n) is 10.6. The van der Waals surface area contributed by atoms with Crippen molar-refractivity contribution in [3.63, 3.8) is 0 Å². The highest BCUT2D eigenvalue weighted by atomic mass is 19.1. The minimum Gasteiger partial charge on any atom is -0.496 e. The van der Waals surface area contributed by atoms with Crippen molar-refractivity contribution in [2.45, 2.75) is 32.1 Å². The van der Waals surface area contributed by atoms with Gasteiger partial charge in [-0.3, -0.25) is 4.79 Å². The van der Waals surface area contributed by atoms with Crippen LogP contribution in [-0.4, -0.2) is 19.4 Å². The van der Waals surface area contributed by atoms with E-state index in [1.54, 1.807) is 7.11 Å². The van der Waals surface area contributed by atoms with Gasteiger partial charge < -0.3 is 10.5 Å². The Morgan fingerprint density at radius 3 is 2.67 bits per heavy atom. The standard InChI is InChI=1S/C14H18FNO2/c1-18-13-8-11(12(17)6-7-16)14(15)10-5-3-2-4-9(10)13/h8H,2-7,16H2,1H3. The summed E-state index contributed by atoms with van der Waals surface area (Å²) in [7, 11) is 1.55. The summed E-state index contributed by atoms with van der Waals surface area (Å²) in [5.74, 6) is 0.0112. The molecule has 2 N–H and O–H groups in total. The molecule has 0 unspecified atom stereocenters. The summed E-state index contributed by atoms with van der Waals surface area (Å²) in [5.41, 5.74) is 7.05. The SMILES string of the molecule is COc1cc(C(=O)CCN)c(F)c2c1CCCC2. The topological polar surface area (TPSA) is 52.3 Å². The van der Waals surface area contributed by atoms with Gasteiger partial charge in [-0.15, -0.1) is 0 Å². The van der Waals surface area contributed by atoms with Gasteiger partial charge in [0.1, 0.15) is 11.6 Å². The van der Waals surface area contributed by atoms with Crippen molar-refractivity contribution in [2.75, 3.05) is 13.7 Å². The van der Waals surface area contributed by atoms with Crippen molar-refractivity contribution in [2.24, 2.45) is 5.73 Å². The molecule has 0 aliphatic heterocycles. The number of ketones is 1. The fourth-order valence-electron chi connectivity index (χ4n) is 2.51. The van der Waals surface area contributed by atoms with Crippen LogP contribution in [0.25, 0.3) is 0 Å². The highest BCUT2D eigenvalue weighted by molar-refractivity contribution is 5.97. The molecule has 0 saturated heterocycles. The second-order valence-corrected chi connectivity index (χ2v) is 4.57. The lowest BCUT2D eigenvalue weighted by Crippen LogP contribution is -2.15. The van der Waals surface area contributed by atoms with E-state index in [4.69, 9.17) is 10.5 Å². The number of hydrogen-bond donors (Lipinski definition) is 1. The van der Waals surface area contributed by atoms with Gasteiger partial charge in [-0.25, -0.2) is 4.39 Å². The van der Waals surface area contributed by atoms with E-state index in [0.29, 0.717) is 17.7 Å². The maximum atomic E-state index is 14.3. The number of halogens is 1. The van der Waals surface area contributed by atoms with Gasteiger partial charge in [0.15, 0.2) is 5.78 Å². The average molecular weight is 251 g/mol. The van der Waals surface area contributed by atoms with E-state index in [2.05, 4.69) is 0 Å². The Balaban J connectivity index is 2.51. The van der Waals surface area contributed by atoms with Crippen LogP contribution in [0.1, 0.15) is 40.7 Å². The fourth-order valence-corrected chi connectivity index (χ4v) is 2.51. The normalized spacial score (nSPS) is 14.2. The maximum Gasteiger partial charge on any atom is 0.167 e. The number of hydrogen-bond acceptors (Lipinski definition) is 3. The van der Waals surface area contributed by atoms with Crippen molar-refractivity contribution >= 4 is 5.78 Å². The molecule has 1 aliphatic rings. The van der Waals surface area contributed by atoms with Crippen LogP contribution in [0.3, 0.4) is 0 Å². The van der Waals surface area contributed by atoms with Gasteiger partial charge in [-0.1, -0.05) is 0 Å². The van der Waals surface area contributed by atoms with Crippen LogP contribution in [0, 0.1) is 5.82 Å². The van der Waals surface area contributed by atoms with E-state index in [9.17, 15) is 9.18 Å². The molecule has 0 radical (unpaired) electrons. The van der Waals surface area contributed by atoms with E-state index in [1.165, 1.54) is 6.07 Å². The summed E-state index contributed by atoms with van der Waals surface area (Å²) < 4.78 is 19.6. The van der Waals surface area contributed by atoms with Crippen LogP contribution in [0.15, 0.2) is 6.07 Å². The molecule has 0 saturated carbocycles. The Morgan fingerprint density at radius 2 is 2.06 bits per heavy atom. The minimum absolute atomic E-state index is 0.123. The number of ether oxygens (including phenoxy) is 1. The first-order chi connectivity index (χ1) is 8.69. The third-order valence-corrected chi connectivity index (χ3v) is 3.43. The van der Waals surface area contributed by atoms with E-state index < -0.39 is 0 Å². The molecule has 18 heavy (non-hydrogen) atoms. The molecule has 0 bridgehead atoms. The van der Waals surface area contributed by atoms with E-state index in [-0.39, 0.29) is 30.1 Å². The molecule has 1 aromatic rings. The number of carbonyl (C=O) groups excluding carboxylic acids is 1. The van der Waals surface area contributed by atoms with Gasteiger partial charge in [-0.2, -0.15) is 0 Å². The quantitative estimate of drug-likeness (QED) is 0.835. The Morgan fingerprint density at radius 1 is 1.39 bits per heavy atom. The van der Waals surface area contributed by atoms with Crippen molar-refractivity contribution in [1.29, 1.82) is 0 Å². The first kappa shape index (κ1) is 13.0. The highest BCUT2D eigenvalue weighted by Gasteiger charge is 2.23. The summed E-state index contributed by atoms with van der Waals surface area (Å²) in [4.78, 5) is 11.8. The molecule has 98 valence electrons. The number of Topliss-reactive ketones (excluding diaryl/α,β-unsaturated/α-hetero) is 1. The highest BCUT2D eigenvalue weighted by Crippen LogP contribution is 2.34. The molecular weight excluding hydrogens is 233 g/mol. The van der Waals surface area contributed by atoms with Gasteiger partial charge in [0.2, 0.25) is 0 Å². The number of rotatable bonds is 4. The molecule has 0 atom stereocenters. The van der Waals surface area contributed by atoms with Crippen molar-refractivity contribution in [3.8, 4) is 5.75 Å². The number of carbonyl (C=O) groups is 1. The second kappa shape index (κ2) is 5.48. The Kier molecular flexibility index (Phi) is 3.97. The third kappa shape index (κ3) is 2.25. The number of fused-ring (bicyclic) bond motifs is 1. The molecule has 0 fully saturated rings. The first-order valence-corrected chi connectivity index (χ1v) is 6.30. The molecule has 3 nitrogen and oxygen atoms in total. The minimum atomic E-state index is -0.371. The summed E-state index contributed by atoms with van der Waals surface area (Å²) in [5, 5.41) is 0. The van der Waals surface area contributed by atoms with Crippen LogP contribution in [0.2, 0.25) is 0 Å². The van der Waals surface area contributed by atoms with E-state index in [1.807, 2.05) is 0 Å². The Labute approximate surface area is 106 Å². The lowest BCUT2D eigenvalue weighted by molar-refractivity contribution is 0.0981. The van der Waals surface area contributed by atoms with Crippen LogP contribution >= 0.6 is 0 Å². The first-order valence-electron chi connectivity index (χ1n) is 6.30. The molecular formula is C14H18FNO2. The fraction of sp³-hybridized carbons (Fsp3) is 0.500. The Hall–Kier alpha value is -1.42. The van der Waals surface area contributed by atoms with Crippen molar-refractivity contribution in [1.82, 2.24) is 0 Å². The summed E-state index contributed by atoms with van der Waals surface area (Å²) in [6.07, 6.45) is 3.67. The van der Waals surface area contributed by atoms with Gasteiger partial charge >= 0.3 is 0 Å². The zero-order valence-corrected chi connectivity index (χ0v) is 10.6. The number of methoxy groups -OCH3 is 1. The van der Waals surface area contributed by atoms with Crippen molar-refractivity contribution < 1.29 is 13.9 Å². The molecule has 0 amide bonds. The molecule has 1 aliphatic carbocycles. The lowest BCUT2D eigenvalue weighted by atomic mass is 9.88. The second-order valence-electron chi connectivity index (χ2n) is 4.57. The number of benzene rings is 1. The smallest absolute Gasteiger partial charge is 0.167 e. The largest absolute Gasteiger partial charge is 0.496 e. The van der Waals surface area contributed by atoms with Crippen LogP contribution in [-0.2, 0) is 12.8 Å². The molecule has 2 rings (SSSR count). The van der Waals surface area contributed by atoms with Crippen molar-refractivity contribution in [3.05, 3.63) is 28.6 Å². The Bertz CT molecular complexity index is 471.